The van der Waals surface area contributed by atoms with E-state index >= 15 is 0 Å². The zero-order valence-electron chi connectivity index (χ0n) is 14.9. The van der Waals surface area contributed by atoms with Crippen molar-refractivity contribution >= 4 is 60.3 Å². The van der Waals surface area contributed by atoms with Crippen LogP contribution in [0.1, 0.15) is 10.4 Å². The number of benzene rings is 2. The highest BCUT2D eigenvalue weighted by molar-refractivity contribution is 9.10. The third-order valence-corrected chi connectivity index (χ3v) is 6.16. The summed E-state index contributed by atoms with van der Waals surface area (Å²) < 4.78 is 2.08. The molecule has 3 aromatic rings. The second-order valence-electron chi connectivity index (χ2n) is 6.10. The van der Waals surface area contributed by atoms with Gasteiger partial charge in [-0.1, -0.05) is 33.3 Å². The molecule has 0 saturated carbocycles. The molecule has 0 aliphatic carbocycles. The van der Waals surface area contributed by atoms with Gasteiger partial charge >= 0.3 is 0 Å². The van der Waals surface area contributed by atoms with E-state index in [1.807, 2.05) is 62.8 Å². The lowest BCUT2D eigenvalue weighted by atomic mass is 10.2. The average Bonchev–Trinajstić information content (AvgIpc) is 3.04. The third kappa shape index (κ3) is 4.46. The minimum atomic E-state index is -0.0131. The Morgan fingerprint density at radius 3 is 2.73 bits per heavy atom. The molecule has 0 saturated heterocycles. The van der Waals surface area contributed by atoms with Crippen molar-refractivity contribution < 1.29 is 4.79 Å². The number of amides is 1. The van der Waals surface area contributed by atoms with Crippen LogP contribution < -0.4 is 4.90 Å². The van der Waals surface area contributed by atoms with Crippen LogP contribution in [-0.2, 0) is 0 Å². The van der Waals surface area contributed by atoms with Crippen LogP contribution in [-0.4, -0.2) is 49.2 Å². The number of fused-ring (bicyclic) bond motifs is 1. The summed E-state index contributed by atoms with van der Waals surface area (Å²) in [5.41, 5.74) is 1.60. The number of thiazole rings is 1. The Labute approximate surface area is 170 Å². The Kier molecular flexibility index (Phi) is 6.34. The van der Waals surface area contributed by atoms with E-state index in [0.717, 1.165) is 31.3 Å². The largest absolute Gasteiger partial charge is 0.308 e. The van der Waals surface area contributed by atoms with Crippen LogP contribution in [0.5, 0.6) is 0 Å². The molecule has 1 amide bonds. The summed E-state index contributed by atoms with van der Waals surface area (Å²) in [5.74, 6) is -0.0131. The number of rotatable bonds is 6. The Balaban J connectivity index is 1.98. The molecule has 1 heterocycles. The Bertz CT molecular complexity index is 926. The number of hydrogen-bond donors (Lipinski definition) is 0. The number of carbonyl (C=O) groups is 1. The molecule has 26 heavy (non-hydrogen) atoms. The zero-order chi connectivity index (χ0) is 18.7. The normalized spacial score (nSPS) is 11.3. The van der Waals surface area contributed by atoms with Crippen molar-refractivity contribution in [3.8, 4) is 0 Å². The maximum Gasteiger partial charge on any atom is 0.260 e. The lowest BCUT2D eigenvalue weighted by Crippen LogP contribution is -2.36. The summed E-state index contributed by atoms with van der Waals surface area (Å²) in [6.45, 7) is 1.36. The van der Waals surface area contributed by atoms with Gasteiger partial charge in [0.2, 0.25) is 0 Å². The molecule has 3 rings (SSSR count). The molecule has 0 atom stereocenters. The second kappa shape index (κ2) is 8.52. The van der Waals surface area contributed by atoms with Crippen LogP contribution in [0.25, 0.3) is 10.2 Å². The van der Waals surface area contributed by atoms with Crippen LogP contribution in [0.2, 0.25) is 0 Å². The Hall–Kier alpha value is -1.41. The van der Waals surface area contributed by atoms with Gasteiger partial charge in [0, 0.05) is 28.0 Å². The standard InChI is InChI=1S/C19H20BrN3OS2/c1-22(2)9-10-23(18(24)13-5-4-6-15(11-13)25-3)19-21-16-8-7-14(20)12-17(16)26-19/h4-8,11-12H,9-10H2,1-3H3. The van der Waals surface area contributed by atoms with Gasteiger partial charge in [0.05, 0.1) is 10.2 Å². The van der Waals surface area contributed by atoms with E-state index in [4.69, 9.17) is 4.98 Å². The van der Waals surface area contributed by atoms with E-state index in [-0.39, 0.29) is 5.91 Å². The van der Waals surface area contributed by atoms with Crippen molar-refractivity contribution in [1.29, 1.82) is 0 Å². The highest BCUT2D eigenvalue weighted by atomic mass is 79.9. The van der Waals surface area contributed by atoms with Gasteiger partial charge in [0.15, 0.2) is 5.13 Å². The van der Waals surface area contributed by atoms with Crippen molar-refractivity contribution in [2.75, 3.05) is 38.3 Å². The van der Waals surface area contributed by atoms with Gasteiger partial charge in [0.25, 0.3) is 5.91 Å². The predicted octanol–water partition coefficient (Wildman–Crippen LogP) is 4.99. The SMILES string of the molecule is CSc1cccc(C(=O)N(CCN(C)C)c2nc3ccc(Br)cc3s2)c1. The molecule has 136 valence electrons. The van der Waals surface area contributed by atoms with Crippen molar-refractivity contribution in [3.05, 3.63) is 52.5 Å². The fourth-order valence-corrected chi connectivity index (χ4v) is 4.50. The molecule has 0 unspecified atom stereocenters. The summed E-state index contributed by atoms with van der Waals surface area (Å²) in [5, 5.41) is 0.736. The first-order valence-electron chi connectivity index (χ1n) is 8.14. The summed E-state index contributed by atoms with van der Waals surface area (Å²) in [7, 11) is 4.01. The van der Waals surface area contributed by atoms with Crippen LogP contribution >= 0.6 is 39.0 Å². The number of likely N-dealkylation sites (N-methyl/N-ethyl adjacent to an activating group) is 1. The zero-order valence-corrected chi connectivity index (χ0v) is 18.1. The minimum absolute atomic E-state index is 0.0131. The molecule has 2 aromatic carbocycles. The molecule has 7 heteroatoms. The van der Waals surface area contributed by atoms with E-state index in [1.54, 1.807) is 28.0 Å². The number of nitrogens with zero attached hydrogens (tertiary/aromatic N) is 3. The fraction of sp³-hybridized carbons (Fsp3) is 0.263. The molecule has 0 fully saturated rings. The average molecular weight is 450 g/mol. The summed E-state index contributed by atoms with van der Waals surface area (Å²) in [6, 6.07) is 13.7. The van der Waals surface area contributed by atoms with E-state index in [0.29, 0.717) is 12.1 Å². The molecule has 1 aromatic heterocycles. The molecule has 0 bridgehead atoms. The van der Waals surface area contributed by atoms with Crippen molar-refractivity contribution in [2.24, 2.45) is 0 Å². The monoisotopic (exact) mass is 449 g/mol. The molecule has 0 N–H and O–H groups in total. The summed E-state index contributed by atoms with van der Waals surface area (Å²) in [4.78, 5) is 22.9. The molecular formula is C19H20BrN3OS2. The summed E-state index contributed by atoms with van der Waals surface area (Å²) in [6.07, 6.45) is 2.01. The van der Waals surface area contributed by atoms with Crippen LogP contribution in [0.4, 0.5) is 5.13 Å². The topological polar surface area (TPSA) is 36.4 Å². The van der Waals surface area contributed by atoms with Crippen molar-refractivity contribution in [1.82, 2.24) is 9.88 Å². The van der Waals surface area contributed by atoms with Crippen LogP contribution in [0, 0.1) is 0 Å². The quantitative estimate of drug-likeness (QED) is 0.496. The van der Waals surface area contributed by atoms with Gasteiger partial charge < -0.3 is 4.90 Å². The van der Waals surface area contributed by atoms with Gasteiger partial charge in [-0.25, -0.2) is 4.98 Å². The number of hydrogen-bond acceptors (Lipinski definition) is 5. The van der Waals surface area contributed by atoms with Crippen LogP contribution in [0.3, 0.4) is 0 Å². The number of carbonyl (C=O) groups excluding carboxylic acids is 1. The number of thioether (sulfide) groups is 1. The molecule has 0 radical (unpaired) electrons. The predicted molar refractivity (Wildman–Crippen MR) is 116 cm³/mol. The number of aromatic nitrogens is 1. The molecule has 0 aliphatic rings. The maximum atomic E-state index is 13.2. The lowest BCUT2D eigenvalue weighted by Gasteiger charge is -2.22. The Morgan fingerprint density at radius 1 is 1.19 bits per heavy atom. The highest BCUT2D eigenvalue weighted by Crippen LogP contribution is 2.31. The fourth-order valence-electron chi connectivity index (χ4n) is 2.50. The second-order valence-corrected chi connectivity index (χ2v) is 8.90. The molecule has 4 nitrogen and oxygen atoms in total. The Morgan fingerprint density at radius 2 is 2.00 bits per heavy atom. The third-order valence-electron chi connectivity index (χ3n) is 3.90. The molecular weight excluding hydrogens is 430 g/mol. The smallest absolute Gasteiger partial charge is 0.260 e. The minimum Gasteiger partial charge on any atom is -0.308 e. The first-order chi connectivity index (χ1) is 12.5. The first kappa shape index (κ1) is 19.4. The van der Waals surface area contributed by atoms with Gasteiger partial charge in [-0.15, -0.1) is 11.8 Å². The van der Waals surface area contributed by atoms with Gasteiger partial charge in [-0.05, 0) is 56.7 Å². The van der Waals surface area contributed by atoms with Crippen molar-refractivity contribution in [3.63, 3.8) is 0 Å². The van der Waals surface area contributed by atoms with E-state index in [9.17, 15) is 4.79 Å². The first-order valence-corrected chi connectivity index (χ1v) is 11.0. The van der Waals surface area contributed by atoms with Crippen LogP contribution in [0.15, 0.2) is 51.8 Å². The van der Waals surface area contributed by atoms with E-state index < -0.39 is 0 Å². The van der Waals surface area contributed by atoms with E-state index in [2.05, 4.69) is 20.8 Å². The highest BCUT2D eigenvalue weighted by Gasteiger charge is 2.21. The van der Waals surface area contributed by atoms with Gasteiger partial charge in [-0.2, -0.15) is 0 Å². The molecule has 0 aliphatic heterocycles. The maximum absolute atomic E-state index is 13.2. The lowest BCUT2D eigenvalue weighted by molar-refractivity contribution is 0.0985. The van der Waals surface area contributed by atoms with Crippen molar-refractivity contribution in [2.45, 2.75) is 4.90 Å². The summed E-state index contributed by atoms with van der Waals surface area (Å²) >= 11 is 6.68. The van der Waals surface area contributed by atoms with E-state index in [1.165, 1.54) is 0 Å². The molecule has 0 spiro atoms. The number of halogens is 1. The number of anilines is 1. The van der Waals surface area contributed by atoms with Gasteiger partial charge in [0.1, 0.15) is 0 Å². The van der Waals surface area contributed by atoms with Gasteiger partial charge in [-0.3, -0.25) is 9.69 Å².